The third kappa shape index (κ3) is 5.14. The maximum atomic E-state index is 13.7. The monoisotopic (exact) mass is 411 g/mol. The molecule has 0 amide bonds. The van der Waals surface area contributed by atoms with Gasteiger partial charge in [0.25, 0.3) is 0 Å². The second kappa shape index (κ2) is 9.86. The predicted molar refractivity (Wildman–Crippen MR) is 116 cm³/mol. The molecular weight excluding hydrogens is 385 g/mol. The van der Waals surface area contributed by atoms with Crippen LogP contribution in [0.25, 0.3) is 0 Å². The van der Waals surface area contributed by atoms with Crippen molar-refractivity contribution in [2.75, 3.05) is 20.8 Å². The molecule has 2 N–H and O–H groups in total. The van der Waals surface area contributed by atoms with Crippen molar-refractivity contribution in [3.63, 3.8) is 0 Å². The van der Waals surface area contributed by atoms with Crippen molar-refractivity contribution in [1.82, 2.24) is 5.32 Å². The van der Waals surface area contributed by atoms with E-state index in [0.717, 1.165) is 5.56 Å². The molecule has 0 aliphatic carbocycles. The fourth-order valence-electron chi connectivity index (χ4n) is 3.28. The van der Waals surface area contributed by atoms with Crippen molar-refractivity contribution in [3.8, 4) is 5.75 Å². The highest BCUT2D eigenvalue weighted by molar-refractivity contribution is 7.66. The van der Waals surface area contributed by atoms with Gasteiger partial charge < -0.3 is 14.4 Å². The van der Waals surface area contributed by atoms with Crippen LogP contribution in [0.15, 0.2) is 84.9 Å². The number of benzene rings is 3. The van der Waals surface area contributed by atoms with E-state index in [2.05, 4.69) is 5.32 Å². The molecule has 3 rings (SSSR count). The Morgan fingerprint density at radius 2 is 1.52 bits per heavy atom. The Morgan fingerprint density at radius 3 is 2.14 bits per heavy atom. The minimum Gasteiger partial charge on any atom is -0.497 e. The SMILES string of the molecule is COC[C@H](NC(c1cccc(OC)c1)P(=O)(O)c1ccccc1)c1ccccc1. The molecule has 0 aliphatic rings. The molecule has 0 radical (unpaired) electrons. The Balaban J connectivity index is 2.05. The zero-order valence-electron chi connectivity index (χ0n) is 16.6. The van der Waals surface area contributed by atoms with E-state index in [1.165, 1.54) is 0 Å². The van der Waals surface area contributed by atoms with E-state index >= 15 is 0 Å². The third-order valence-electron chi connectivity index (χ3n) is 4.78. The van der Waals surface area contributed by atoms with Crippen LogP contribution < -0.4 is 15.4 Å². The molecule has 0 saturated heterocycles. The highest BCUT2D eigenvalue weighted by atomic mass is 31.2. The van der Waals surface area contributed by atoms with Gasteiger partial charge in [-0.1, -0.05) is 60.7 Å². The zero-order chi connectivity index (χ0) is 20.7. The summed E-state index contributed by atoms with van der Waals surface area (Å²) in [4.78, 5) is 11.2. The summed E-state index contributed by atoms with van der Waals surface area (Å²) in [6.07, 6.45) is 0. The van der Waals surface area contributed by atoms with Crippen molar-refractivity contribution < 1.29 is 18.9 Å². The first-order chi connectivity index (χ1) is 14.1. The minimum atomic E-state index is -3.83. The summed E-state index contributed by atoms with van der Waals surface area (Å²) in [7, 11) is -0.630. The molecule has 6 heteroatoms. The van der Waals surface area contributed by atoms with Crippen LogP contribution >= 0.6 is 7.37 Å². The molecule has 0 fully saturated rings. The summed E-state index contributed by atoms with van der Waals surface area (Å²) in [6.45, 7) is 0.360. The topological polar surface area (TPSA) is 67.8 Å². The van der Waals surface area contributed by atoms with Gasteiger partial charge in [0.1, 0.15) is 11.5 Å². The molecule has 3 aromatic rings. The highest BCUT2D eigenvalue weighted by Crippen LogP contribution is 2.54. The number of ether oxygens (including phenoxy) is 2. The van der Waals surface area contributed by atoms with Crippen LogP contribution in [0.1, 0.15) is 23.0 Å². The predicted octanol–water partition coefficient (Wildman–Crippen LogP) is 4.27. The minimum absolute atomic E-state index is 0.262. The van der Waals surface area contributed by atoms with Crippen molar-refractivity contribution >= 4 is 12.7 Å². The van der Waals surface area contributed by atoms with Gasteiger partial charge in [-0.15, -0.1) is 0 Å². The molecule has 0 bridgehead atoms. The van der Waals surface area contributed by atoms with E-state index < -0.39 is 13.2 Å². The molecular formula is C23H26NO4P. The van der Waals surface area contributed by atoms with Crippen LogP contribution in [-0.4, -0.2) is 25.7 Å². The average Bonchev–Trinajstić information content (AvgIpc) is 2.77. The number of methoxy groups -OCH3 is 2. The molecule has 152 valence electrons. The number of hydrogen-bond acceptors (Lipinski definition) is 4. The van der Waals surface area contributed by atoms with Crippen molar-refractivity contribution in [2.24, 2.45) is 0 Å². The maximum absolute atomic E-state index is 13.7. The second-order valence-electron chi connectivity index (χ2n) is 6.72. The maximum Gasteiger partial charge on any atom is 0.250 e. The molecule has 0 heterocycles. The first kappa shape index (κ1) is 21.3. The van der Waals surface area contributed by atoms with Gasteiger partial charge in [0.05, 0.1) is 19.8 Å². The van der Waals surface area contributed by atoms with Crippen LogP contribution in [0.3, 0.4) is 0 Å². The van der Waals surface area contributed by atoms with Gasteiger partial charge in [-0.25, -0.2) is 0 Å². The summed E-state index contributed by atoms with van der Waals surface area (Å²) in [6, 6.07) is 25.5. The lowest BCUT2D eigenvalue weighted by Crippen LogP contribution is -2.31. The molecule has 3 aromatic carbocycles. The van der Waals surface area contributed by atoms with Crippen molar-refractivity contribution in [1.29, 1.82) is 0 Å². The van der Waals surface area contributed by atoms with Crippen LogP contribution in [-0.2, 0) is 9.30 Å². The van der Waals surface area contributed by atoms with Crippen molar-refractivity contribution in [3.05, 3.63) is 96.1 Å². The Hall–Kier alpha value is -2.43. The Bertz CT molecular complexity index is 949. The Kier molecular flexibility index (Phi) is 7.24. The number of hydrogen-bond donors (Lipinski definition) is 2. The van der Waals surface area contributed by atoms with Gasteiger partial charge in [0.15, 0.2) is 0 Å². The van der Waals surface area contributed by atoms with E-state index in [9.17, 15) is 9.46 Å². The second-order valence-corrected chi connectivity index (χ2v) is 9.00. The lowest BCUT2D eigenvalue weighted by atomic mass is 10.1. The van der Waals surface area contributed by atoms with Gasteiger partial charge in [-0.2, -0.15) is 0 Å². The van der Waals surface area contributed by atoms with E-state index in [4.69, 9.17) is 9.47 Å². The third-order valence-corrected chi connectivity index (χ3v) is 6.97. The highest BCUT2D eigenvalue weighted by Gasteiger charge is 2.36. The van der Waals surface area contributed by atoms with Gasteiger partial charge >= 0.3 is 0 Å². The van der Waals surface area contributed by atoms with Crippen LogP contribution in [0.5, 0.6) is 5.75 Å². The van der Waals surface area contributed by atoms with Gasteiger partial charge in [-0.3, -0.25) is 9.88 Å². The van der Waals surface area contributed by atoms with Gasteiger partial charge in [0, 0.05) is 12.4 Å². The molecule has 3 atom stereocenters. The summed E-state index contributed by atoms with van der Waals surface area (Å²) in [5.74, 6) is -0.203. The lowest BCUT2D eigenvalue weighted by molar-refractivity contribution is 0.164. The number of nitrogens with one attached hydrogen (secondary N) is 1. The molecule has 5 nitrogen and oxygen atoms in total. The summed E-state index contributed by atoms with van der Waals surface area (Å²) in [5.41, 5.74) is 1.66. The van der Waals surface area contributed by atoms with Crippen LogP contribution in [0, 0.1) is 0 Å². The Labute approximate surface area is 171 Å². The summed E-state index contributed by atoms with van der Waals surface area (Å²) < 4.78 is 24.4. The van der Waals surface area contributed by atoms with E-state index in [-0.39, 0.29) is 6.04 Å². The summed E-state index contributed by atoms with van der Waals surface area (Å²) in [5, 5.41) is 3.78. The van der Waals surface area contributed by atoms with Crippen LogP contribution in [0.2, 0.25) is 0 Å². The largest absolute Gasteiger partial charge is 0.497 e. The fourth-order valence-corrected chi connectivity index (χ4v) is 5.13. The molecule has 0 saturated carbocycles. The fraction of sp³-hybridized carbons (Fsp3) is 0.217. The average molecular weight is 411 g/mol. The van der Waals surface area contributed by atoms with Crippen LogP contribution in [0.4, 0.5) is 0 Å². The van der Waals surface area contributed by atoms with E-state index in [0.29, 0.717) is 23.2 Å². The first-order valence-corrected chi connectivity index (χ1v) is 11.1. The first-order valence-electron chi connectivity index (χ1n) is 9.38. The quantitative estimate of drug-likeness (QED) is 0.515. The van der Waals surface area contributed by atoms with E-state index in [1.807, 2.05) is 54.6 Å². The normalized spacial score (nSPS) is 15.3. The molecule has 0 spiro atoms. The van der Waals surface area contributed by atoms with E-state index in [1.54, 1.807) is 44.6 Å². The van der Waals surface area contributed by atoms with Gasteiger partial charge in [-0.05, 0) is 35.4 Å². The molecule has 0 aliphatic heterocycles. The number of rotatable bonds is 9. The zero-order valence-corrected chi connectivity index (χ0v) is 17.5. The Morgan fingerprint density at radius 1 is 0.897 bits per heavy atom. The summed E-state index contributed by atoms with van der Waals surface area (Å²) >= 11 is 0. The smallest absolute Gasteiger partial charge is 0.250 e. The molecule has 2 unspecified atom stereocenters. The lowest BCUT2D eigenvalue weighted by Gasteiger charge is -2.30. The standard InChI is InChI=1S/C23H26NO4P/c1-27-17-22(18-10-5-3-6-11-18)24-23(19-12-9-13-20(16-19)28-2)29(25,26)21-14-7-4-8-15-21/h3-16,22-24H,17H2,1-2H3,(H,25,26)/t22-,23?/m0/s1. The van der Waals surface area contributed by atoms with Crippen molar-refractivity contribution in [2.45, 2.75) is 11.8 Å². The molecule has 0 aromatic heterocycles. The van der Waals surface area contributed by atoms with Gasteiger partial charge in [0.2, 0.25) is 7.37 Å². The molecule has 29 heavy (non-hydrogen) atoms.